The van der Waals surface area contributed by atoms with Crippen LogP contribution in [-0.4, -0.2) is 35.7 Å². The van der Waals surface area contributed by atoms with Crippen LogP contribution in [0, 0.1) is 28.6 Å². The topological polar surface area (TPSA) is 86.7 Å². The molecule has 4 rings (SSSR count). The van der Waals surface area contributed by atoms with Gasteiger partial charge < -0.3 is 9.47 Å². The smallest absolute Gasteiger partial charge is 0.303 e. The molecule has 0 spiro atoms. The van der Waals surface area contributed by atoms with Crippen LogP contribution < -0.4 is 0 Å². The zero-order valence-electron chi connectivity index (χ0n) is 19.1. The van der Waals surface area contributed by atoms with Gasteiger partial charge in [0.2, 0.25) is 5.78 Å². The summed E-state index contributed by atoms with van der Waals surface area (Å²) in [6.45, 7) is 6.70. The Morgan fingerprint density at radius 3 is 2.35 bits per heavy atom. The first kappa shape index (κ1) is 22.2. The van der Waals surface area contributed by atoms with Gasteiger partial charge in [-0.2, -0.15) is 0 Å². The average Bonchev–Trinajstić information content (AvgIpc) is 2.99. The van der Waals surface area contributed by atoms with Crippen molar-refractivity contribution < 1.29 is 28.7 Å². The Hall–Kier alpha value is -1.98. The summed E-state index contributed by atoms with van der Waals surface area (Å²) >= 11 is 0. The van der Waals surface area contributed by atoms with E-state index in [0.29, 0.717) is 24.7 Å². The number of hydrogen-bond donors (Lipinski definition) is 0. The second kappa shape index (κ2) is 7.56. The van der Waals surface area contributed by atoms with E-state index >= 15 is 0 Å². The van der Waals surface area contributed by atoms with Crippen molar-refractivity contribution in [1.29, 1.82) is 0 Å². The van der Waals surface area contributed by atoms with Crippen molar-refractivity contribution in [3.05, 3.63) is 11.6 Å². The Bertz CT molecular complexity index is 858. The van der Waals surface area contributed by atoms with Crippen molar-refractivity contribution in [1.82, 2.24) is 0 Å². The zero-order chi connectivity index (χ0) is 22.6. The molecule has 4 aliphatic rings. The quantitative estimate of drug-likeness (QED) is 0.628. The predicted octanol–water partition coefficient (Wildman–Crippen LogP) is 3.95. The summed E-state index contributed by atoms with van der Waals surface area (Å²) < 4.78 is 10.9. The van der Waals surface area contributed by atoms with Crippen molar-refractivity contribution in [3.63, 3.8) is 0 Å². The fourth-order valence-corrected chi connectivity index (χ4v) is 7.77. The Kier molecular flexibility index (Phi) is 5.42. The molecule has 0 N–H and O–H groups in total. The number of Topliss-reactive ketones (excluding diaryl/α,β-unsaturated/α-hetero) is 1. The molecular formula is C25H34O6. The van der Waals surface area contributed by atoms with Gasteiger partial charge in [-0.15, -0.1) is 0 Å². The van der Waals surface area contributed by atoms with Gasteiger partial charge in [0.1, 0.15) is 0 Å². The number of carbonyl (C=O) groups excluding carboxylic acids is 4. The molecule has 0 aliphatic heterocycles. The second-order valence-electron chi connectivity index (χ2n) is 10.6. The summed E-state index contributed by atoms with van der Waals surface area (Å²) in [6.07, 6.45) is 8.39. The van der Waals surface area contributed by atoms with E-state index in [9.17, 15) is 19.2 Å². The largest absolute Gasteiger partial charge is 0.458 e. The highest BCUT2D eigenvalue weighted by Crippen LogP contribution is 2.68. The molecule has 3 saturated carbocycles. The predicted molar refractivity (Wildman–Crippen MR) is 113 cm³/mol. The molecule has 4 aliphatic carbocycles. The monoisotopic (exact) mass is 430 g/mol. The van der Waals surface area contributed by atoms with Gasteiger partial charge in [0.15, 0.2) is 18.0 Å². The molecule has 0 amide bonds. The molecule has 6 atom stereocenters. The summed E-state index contributed by atoms with van der Waals surface area (Å²) in [5, 5.41) is 0. The van der Waals surface area contributed by atoms with Crippen LogP contribution in [0.1, 0.15) is 79.1 Å². The highest BCUT2D eigenvalue weighted by molar-refractivity contribution is 5.93. The van der Waals surface area contributed by atoms with Gasteiger partial charge in [-0.05, 0) is 74.2 Å². The molecule has 0 aromatic carbocycles. The van der Waals surface area contributed by atoms with Crippen molar-refractivity contribution in [2.75, 3.05) is 6.61 Å². The first-order valence-electron chi connectivity index (χ1n) is 11.6. The summed E-state index contributed by atoms with van der Waals surface area (Å²) in [5.41, 5.74) is -0.348. The van der Waals surface area contributed by atoms with E-state index in [1.165, 1.54) is 19.4 Å². The van der Waals surface area contributed by atoms with E-state index in [-0.39, 0.29) is 29.5 Å². The lowest BCUT2D eigenvalue weighted by Crippen LogP contribution is -2.59. The van der Waals surface area contributed by atoms with Crippen LogP contribution in [0.5, 0.6) is 0 Å². The van der Waals surface area contributed by atoms with E-state index < -0.39 is 23.0 Å². The maximum atomic E-state index is 13.4. The molecule has 6 nitrogen and oxygen atoms in total. The number of fused-ring (bicyclic) bond motifs is 5. The number of carbonyl (C=O) groups is 4. The summed E-state index contributed by atoms with van der Waals surface area (Å²) in [6, 6.07) is 0. The van der Waals surface area contributed by atoms with E-state index in [1.807, 2.05) is 6.08 Å². The summed E-state index contributed by atoms with van der Waals surface area (Å²) in [7, 11) is 0. The highest BCUT2D eigenvalue weighted by atomic mass is 16.6. The van der Waals surface area contributed by atoms with Crippen LogP contribution >= 0.6 is 0 Å². The number of esters is 2. The SMILES string of the molecule is CC(=O)OCC(=O)[C@@]1(OC(C)=O)CCC2C3CCC4=CC(=O)CC[C@]4(C)C3CC[C@@]21C. The summed E-state index contributed by atoms with van der Waals surface area (Å²) in [5.74, 6) is 0.156. The van der Waals surface area contributed by atoms with E-state index in [4.69, 9.17) is 9.47 Å². The van der Waals surface area contributed by atoms with Crippen LogP contribution in [0.15, 0.2) is 11.6 Å². The van der Waals surface area contributed by atoms with E-state index in [0.717, 1.165) is 38.5 Å². The molecule has 6 heteroatoms. The molecule has 31 heavy (non-hydrogen) atoms. The average molecular weight is 431 g/mol. The van der Waals surface area contributed by atoms with Crippen LogP contribution in [0.4, 0.5) is 0 Å². The third kappa shape index (κ3) is 3.28. The molecule has 0 bridgehead atoms. The van der Waals surface area contributed by atoms with Crippen LogP contribution in [0.25, 0.3) is 0 Å². The first-order valence-corrected chi connectivity index (χ1v) is 11.6. The zero-order valence-corrected chi connectivity index (χ0v) is 19.1. The molecule has 170 valence electrons. The number of hydrogen-bond acceptors (Lipinski definition) is 6. The van der Waals surface area contributed by atoms with Gasteiger partial charge in [-0.25, -0.2) is 0 Å². The van der Waals surface area contributed by atoms with Crippen molar-refractivity contribution in [2.24, 2.45) is 28.6 Å². The van der Waals surface area contributed by atoms with Gasteiger partial charge >= 0.3 is 11.9 Å². The molecule has 3 fully saturated rings. The highest BCUT2D eigenvalue weighted by Gasteiger charge is 2.68. The molecule has 0 heterocycles. The lowest BCUT2D eigenvalue weighted by atomic mass is 9.46. The molecule has 0 saturated heterocycles. The number of rotatable bonds is 4. The fourth-order valence-electron chi connectivity index (χ4n) is 7.77. The van der Waals surface area contributed by atoms with Gasteiger partial charge in [-0.3, -0.25) is 19.2 Å². The normalized spacial score (nSPS) is 41.4. The summed E-state index contributed by atoms with van der Waals surface area (Å²) in [4.78, 5) is 48.8. The minimum absolute atomic E-state index is 0.0482. The minimum Gasteiger partial charge on any atom is -0.458 e. The third-order valence-electron chi connectivity index (χ3n) is 9.26. The maximum Gasteiger partial charge on any atom is 0.303 e. The Labute approximate surface area is 184 Å². The molecule has 0 radical (unpaired) electrons. The van der Waals surface area contributed by atoms with Crippen LogP contribution in [0.2, 0.25) is 0 Å². The number of allylic oxidation sites excluding steroid dienone is 1. The van der Waals surface area contributed by atoms with Gasteiger partial charge in [0.05, 0.1) is 0 Å². The van der Waals surface area contributed by atoms with Gasteiger partial charge in [0.25, 0.3) is 0 Å². The number of ether oxygens (including phenoxy) is 2. The van der Waals surface area contributed by atoms with Crippen molar-refractivity contribution in [2.45, 2.75) is 84.7 Å². The van der Waals surface area contributed by atoms with Crippen molar-refractivity contribution >= 4 is 23.5 Å². The Morgan fingerprint density at radius 2 is 1.68 bits per heavy atom. The maximum absolute atomic E-state index is 13.4. The molecule has 0 aromatic rings. The lowest BCUT2D eigenvalue weighted by Gasteiger charge is -2.59. The molecule has 0 aromatic heterocycles. The third-order valence-corrected chi connectivity index (χ3v) is 9.26. The van der Waals surface area contributed by atoms with E-state index in [2.05, 4.69) is 13.8 Å². The Balaban J connectivity index is 1.67. The Morgan fingerprint density at radius 1 is 0.968 bits per heavy atom. The number of ketones is 2. The van der Waals surface area contributed by atoms with Crippen LogP contribution in [-0.2, 0) is 28.7 Å². The van der Waals surface area contributed by atoms with E-state index in [1.54, 1.807) is 0 Å². The first-order chi connectivity index (χ1) is 14.5. The molecular weight excluding hydrogens is 396 g/mol. The fraction of sp³-hybridized carbons (Fsp3) is 0.760. The molecule has 3 unspecified atom stereocenters. The van der Waals surface area contributed by atoms with Gasteiger partial charge in [0, 0.05) is 25.7 Å². The lowest BCUT2D eigenvalue weighted by molar-refractivity contribution is -0.190. The minimum atomic E-state index is -1.23. The standard InChI is InChI=1S/C25H34O6/c1-15(26)30-14-22(29)25(31-16(2)27)12-9-21-19-6-5-17-13-18(28)7-10-23(17,3)20(19)8-11-24(21,25)4/h13,19-21H,5-12,14H2,1-4H3/t19?,20?,21?,23-,24-,25-/m0/s1. The van der Waals surface area contributed by atoms with Gasteiger partial charge in [-0.1, -0.05) is 19.4 Å². The van der Waals surface area contributed by atoms with Crippen molar-refractivity contribution in [3.8, 4) is 0 Å². The second-order valence-corrected chi connectivity index (χ2v) is 10.6. The van der Waals surface area contributed by atoms with Crippen LogP contribution in [0.3, 0.4) is 0 Å².